The Bertz CT molecular complexity index is 1170. The number of likely N-dealkylation sites (tertiary alicyclic amines) is 1. The number of benzene rings is 2. The second kappa shape index (κ2) is 11.9. The summed E-state index contributed by atoms with van der Waals surface area (Å²) in [6.45, 7) is 0.236. The number of piperidine rings is 1. The molecule has 4 rings (SSSR count). The van der Waals surface area contributed by atoms with Crippen LogP contribution in [0.1, 0.15) is 40.0 Å². The van der Waals surface area contributed by atoms with Crippen molar-refractivity contribution in [2.75, 3.05) is 33.4 Å². The monoisotopic (exact) mass is 500 g/mol. The van der Waals surface area contributed by atoms with Crippen LogP contribution in [0, 0.1) is 5.92 Å². The van der Waals surface area contributed by atoms with Crippen molar-refractivity contribution in [2.24, 2.45) is 5.92 Å². The predicted octanol–water partition coefficient (Wildman–Crippen LogP) is 3.96. The van der Waals surface area contributed by atoms with Crippen LogP contribution < -0.4 is 10.1 Å². The zero-order chi connectivity index (χ0) is 25.5. The molecule has 2 heterocycles. The molecule has 36 heavy (non-hydrogen) atoms. The number of carbonyl (C=O) groups is 2. The Balaban J connectivity index is 1.29. The minimum absolute atomic E-state index is 0.0293. The summed E-state index contributed by atoms with van der Waals surface area (Å²) in [6, 6.07) is 11.3. The number of ether oxygens (including phenoxy) is 2. The van der Waals surface area contributed by atoms with E-state index in [1.807, 2.05) is 23.0 Å². The first kappa shape index (κ1) is 25.6. The van der Waals surface area contributed by atoms with Crippen molar-refractivity contribution in [1.82, 2.24) is 20.0 Å². The lowest BCUT2D eigenvalue weighted by molar-refractivity contribution is -0.0498. The number of fused-ring (bicyclic) bond motifs is 1. The molecular formula is C26H30F2N4O4. The molecule has 1 aromatic heterocycles. The van der Waals surface area contributed by atoms with Gasteiger partial charge in [-0.3, -0.25) is 14.3 Å². The molecule has 10 heteroatoms. The molecule has 1 fully saturated rings. The van der Waals surface area contributed by atoms with Crippen molar-refractivity contribution in [3.8, 4) is 5.75 Å². The Kier molecular flexibility index (Phi) is 8.48. The fourth-order valence-corrected chi connectivity index (χ4v) is 4.38. The van der Waals surface area contributed by atoms with Crippen molar-refractivity contribution in [3.63, 3.8) is 0 Å². The highest BCUT2D eigenvalue weighted by Gasteiger charge is 2.24. The first-order valence-electron chi connectivity index (χ1n) is 12.0. The molecule has 2 amide bonds. The largest absolute Gasteiger partial charge is 0.435 e. The van der Waals surface area contributed by atoms with Gasteiger partial charge in [-0.15, -0.1) is 0 Å². The molecule has 0 unspecified atom stereocenters. The standard InChI is InChI=1S/C26H30F2N4O4/c1-35-14-2-11-29-24(33)20-5-8-23-21(15-20)17-32(30-23)16-18-9-12-31(13-10-18)25(34)19-3-6-22(7-4-19)36-26(27)28/h3-8,15,17-18,26H,2,9-14,16H2,1H3,(H,29,33). The van der Waals surface area contributed by atoms with E-state index in [0.29, 0.717) is 43.3 Å². The van der Waals surface area contributed by atoms with Crippen LogP contribution in [0.3, 0.4) is 0 Å². The highest BCUT2D eigenvalue weighted by atomic mass is 19.3. The predicted molar refractivity (Wildman–Crippen MR) is 130 cm³/mol. The zero-order valence-corrected chi connectivity index (χ0v) is 20.2. The quantitative estimate of drug-likeness (QED) is 0.426. The van der Waals surface area contributed by atoms with E-state index in [9.17, 15) is 18.4 Å². The van der Waals surface area contributed by atoms with Crippen LogP contribution >= 0.6 is 0 Å². The van der Waals surface area contributed by atoms with Crippen LogP contribution in [0.4, 0.5) is 8.78 Å². The minimum atomic E-state index is -2.89. The van der Waals surface area contributed by atoms with E-state index < -0.39 is 6.61 Å². The molecule has 192 valence electrons. The number of nitrogens with one attached hydrogen (secondary N) is 1. The molecule has 1 aliphatic heterocycles. The maximum Gasteiger partial charge on any atom is 0.387 e. The van der Waals surface area contributed by atoms with Gasteiger partial charge >= 0.3 is 6.61 Å². The van der Waals surface area contributed by atoms with Gasteiger partial charge in [-0.05, 0) is 67.6 Å². The Labute approximate surface area is 208 Å². The number of halogens is 2. The summed E-state index contributed by atoms with van der Waals surface area (Å²) in [5, 5.41) is 8.45. The average molecular weight is 501 g/mol. The van der Waals surface area contributed by atoms with Gasteiger partial charge in [-0.25, -0.2) is 0 Å². The molecule has 1 saturated heterocycles. The summed E-state index contributed by atoms with van der Waals surface area (Å²) < 4.78 is 35.9. The van der Waals surface area contributed by atoms with Crippen LogP contribution in [0.15, 0.2) is 48.7 Å². The summed E-state index contributed by atoms with van der Waals surface area (Å²) in [5.41, 5.74) is 1.88. The molecule has 0 aliphatic carbocycles. The molecule has 0 spiro atoms. The van der Waals surface area contributed by atoms with Crippen LogP contribution in [-0.2, 0) is 11.3 Å². The topological polar surface area (TPSA) is 85.7 Å². The van der Waals surface area contributed by atoms with Crippen LogP contribution in [0.25, 0.3) is 10.9 Å². The molecular weight excluding hydrogens is 470 g/mol. The fraction of sp³-hybridized carbons (Fsp3) is 0.423. The number of hydrogen-bond donors (Lipinski definition) is 1. The number of hydrogen-bond acceptors (Lipinski definition) is 5. The second-order valence-corrected chi connectivity index (χ2v) is 8.87. The molecule has 1 aliphatic rings. The smallest absolute Gasteiger partial charge is 0.387 e. The van der Waals surface area contributed by atoms with Gasteiger partial charge in [-0.1, -0.05) is 0 Å². The van der Waals surface area contributed by atoms with Gasteiger partial charge in [0.05, 0.1) is 5.52 Å². The first-order valence-corrected chi connectivity index (χ1v) is 12.0. The van der Waals surface area contributed by atoms with Crippen LogP contribution in [-0.4, -0.2) is 66.5 Å². The molecule has 3 aromatic rings. The highest BCUT2D eigenvalue weighted by Crippen LogP contribution is 2.23. The van der Waals surface area contributed by atoms with E-state index >= 15 is 0 Å². The lowest BCUT2D eigenvalue weighted by Crippen LogP contribution is -2.39. The Hall–Kier alpha value is -3.53. The van der Waals surface area contributed by atoms with Gasteiger partial charge in [0.1, 0.15) is 5.75 Å². The fourth-order valence-electron chi connectivity index (χ4n) is 4.38. The van der Waals surface area contributed by atoms with Gasteiger partial charge < -0.3 is 19.7 Å². The number of methoxy groups -OCH3 is 1. The highest BCUT2D eigenvalue weighted by molar-refractivity contribution is 5.97. The van der Waals surface area contributed by atoms with Gasteiger partial charge in [0, 0.05) is 62.6 Å². The van der Waals surface area contributed by atoms with Gasteiger partial charge in [0.15, 0.2) is 0 Å². The van der Waals surface area contributed by atoms with E-state index in [0.717, 1.165) is 36.7 Å². The van der Waals surface area contributed by atoms with Crippen molar-refractivity contribution in [3.05, 3.63) is 59.8 Å². The third-order valence-electron chi connectivity index (χ3n) is 6.30. The third kappa shape index (κ3) is 6.57. The van der Waals surface area contributed by atoms with Gasteiger partial charge in [-0.2, -0.15) is 13.9 Å². The Morgan fingerprint density at radius 2 is 1.83 bits per heavy atom. The Morgan fingerprint density at radius 1 is 1.11 bits per heavy atom. The zero-order valence-electron chi connectivity index (χ0n) is 20.2. The molecule has 0 atom stereocenters. The minimum Gasteiger partial charge on any atom is -0.435 e. The second-order valence-electron chi connectivity index (χ2n) is 8.87. The van der Waals surface area contributed by atoms with E-state index in [1.165, 1.54) is 24.3 Å². The van der Waals surface area contributed by atoms with Crippen molar-refractivity contribution in [1.29, 1.82) is 0 Å². The van der Waals surface area contributed by atoms with E-state index in [2.05, 4.69) is 15.2 Å². The maximum absolute atomic E-state index is 12.8. The number of aromatic nitrogens is 2. The van der Waals surface area contributed by atoms with E-state index in [-0.39, 0.29) is 17.6 Å². The first-order chi connectivity index (χ1) is 17.4. The Morgan fingerprint density at radius 3 is 2.53 bits per heavy atom. The average Bonchev–Trinajstić information content (AvgIpc) is 3.28. The maximum atomic E-state index is 12.8. The summed E-state index contributed by atoms with van der Waals surface area (Å²) in [7, 11) is 1.63. The van der Waals surface area contributed by atoms with E-state index in [4.69, 9.17) is 4.74 Å². The number of amides is 2. The molecule has 0 bridgehead atoms. The summed E-state index contributed by atoms with van der Waals surface area (Å²) in [5.74, 6) is 0.166. The number of nitrogens with zero attached hydrogens (tertiary/aromatic N) is 3. The van der Waals surface area contributed by atoms with Crippen molar-refractivity contribution in [2.45, 2.75) is 32.4 Å². The summed E-state index contributed by atoms with van der Waals surface area (Å²) >= 11 is 0. The lowest BCUT2D eigenvalue weighted by atomic mass is 9.96. The van der Waals surface area contributed by atoms with Crippen LogP contribution in [0.5, 0.6) is 5.75 Å². The summed E-state index contributed by atoms with van der Waals surface area (Å²) in [4.78, 5) is 26.9. The van der Waals surface area contributed by atoms with Gasteiger partial charge in [0.2, 0.25) is 0 Å². The normalized spacial score (nSPS) is 14.4. The van der Waals surface area contributed by atoms with Gasteiger partial charge in [0.25, 0.3) is 11.8 Å². The SMILES string of the molecule is COCCCNC(=O)c1ccc2nn(CC3CCN(C(=O)c4ccc(OC(F)F)cc4)CC3)cc2c1. The molecule has 0 radical (unpaired) electrons. The number of alkyl halides is 2. The molecule has 0 saturated carbocycles. The molecule has 2 aromatic carbocycles. The lowest BCUT2D eigenvalue weighted by Gasteiger charge is -2.32. The summed E-state index contributed by atoms with van der Waals surface area (Å²) in [6.07, 6.45) is 4.39. The van der Waals surface area contributed by atoms with Crippen molar-refractivity contribution >= 4 is 22.7 Å². The number of carbonyl (C=O) groups excluding carboxylic acids is 2. The molecule has 8 nitrogen and oxygen atoms in total. The van der Waals surface area contributed by atoms with Crippen molar-refractivity contribution < 1.29 is 27.8 Å². The third-order valence-corrected chi connectivity index (χ3v) is 6.30. The molecule has 1 N–H and O–H groups in total. The van der Waals surface area contributed by atoms with Crippen LogP contribution in [0.2, 0.25) is 0 Å². The number of rotatable bonds is 10. The van der Waals surface area contributed by atoms with E-state index in [1.54, 1.807) is 18.1 Å².